The van der Waals surface area contributed by atoms with Gasteiger partial charge in [0.2, 0.25) is 0 Å². The van der Waals surface area contributed by atoms with Gasteiger partial charge in [-0.25, -0.2) is 4.79 Å². The van der Waals surface area contributed by atoms with Gasteiger partial charge in [0.05, 0.1) is 22.0 Å². The van der Waals surface area contributed by atoms with Crippen LogP contribution < -0.4 is 10.4 Å². The molecule has 3 rings (SSSR count). The quantitative estimate of drug-likeness (QED) is 0.284. The zero-order valence-electron chi connectivity index (χ0n) is 21.8. The van der Waals surface area contributed by atoms with Gasteiger partial charge in [0.1, 0.15) is 12.2 Å². The number of hydrazine groups is 1. The molecule has 0 aromatic heterocycles. The number of anilines is 1. The number of ether oxygens (including phenoxy) is 2. The number of amides is 2. The Balaban J connectivity index is 2.06. The Bertz CT molecular complexity index is 1360. The highest BCUT2D eigenvalue weighted by molar-refractivity contribution is 6.34. The van der Waals surface area contributed by atoms with E-state index in [9.17, 15) is 35.9 Å². The molecule has 0 aliphatic carbocycles. The van der Waals surface area contributed by atoms with Crippen LogP contribution in [-0.2, 0) is 30.9 Å². The number of alkyl halides is 6. The Kier molecular flexibility index (Phi) is 9.11. The molecule has 41 heavy (non-hydrogen) atoms. The molecule has 16 heteroatoms. The Morgan fingerprint density at radius 2 is 1.73 bits per heavy atom. The number of nitrogens with one attached hydrogen (secondary N) is 1. The molecule has 1 aliphatic rings. The monoisotopic (exact) mass is 629 g/mol. The van der Waals surface area contributed by atoms with Crippen molar-refractivity contribution in [2.24, 2.45) is 5.16 Å². The van der Waals surface area contributed by atoms with Crippen LogP contribution in [0.2, 0.25) is 10.0 Å². The van der Waals surface area contributed by atoms with Gasteiger partial charge in [-0.15, -0.1) is 0 Å². The van der Waals surface area contributed by atoms with E-state index in [0.717, 1.165) is 6.07 Å². The first kappa shape index (κ1) is 32.3. The Labute approximate surface area is 240 Å². The topological polar surface area (TPSA) is 89.5 Å². The van der Waals surface area contributed by atoms with Crippen molar-refractivity contribution in [3.8, 4) is 0 Å². The van der Waals surface area contributed by atoms with Gasteiger partial charge in [-0.2, -0.15) is 31.4 Å². The summed E-state index contributed by atoms with van der Waals surface area (Å²) < 4.78 is 93.4. The van der Waals surface area contributed by atoms with Crippen molar-refractivity contribution < 1.29 is 50.2 Å². The van der Waals surface area contributed by atoms with Crippen molar-refractivity contribution in [2.45, 2.75) is 50.7 Å². The van der Waals surface area contributed by atoms with Crippen molar-refractivity contribution in [1.82, 2.24) is 5.43 Å². The Morgan fingerprint density at radius 1 is 1.07 bits per heavy atom. The van der Waals surface area contributed by atoms with Crippen molar-refractivity contribution >= 4 is 46.6 Å². The first-order valence-corrected chi connectivity index (χ1v) is 12.3. The summed E-state index contributed by atoms with van der Waals surface area (Å²) in [6, 6.07) is 5.09. The number of nitrogens with zero attached hydrogens (tertiary/aromatic N) is 2. The highest BCUT2D eigenvalue weighted by atomic mass is 35.5. The van der Waals surface area contributed by atoms with Crippen molar-refractivity contribution in [2.75, 3.05) is 18.7 Å². The zero-order valence-corrected chi connectivity index (χ0v) is 23.3. The van der Waals surface area contributed by atoms with Gasteiger partial charge in [-0.3, -0.25) is 10.2 Å². The van der Waals surface area contributed by atoms with Gasteiger partial charge in [0, 0.05) is 29.7 Å². The number of halogens is 8. The average Bonchev–Trinajstić information content (AvgIpc) is 3.28. The second-order valence-electron chi connectivity index (χ2n) is 9.81. The molecule has 0 spiro atoms. The summed E-state index contributed by atoms with van der Waals surface area (Å²) >= 11 is 12.0. The average molecular weight is 630 g/mol. The molecule has 8 nitrogen and oxygen atoms in total. The van der Waals surface area contributed by atoms with Crippen molar-refractivity contribution in [3.05, 3.63) is 63.1 Å². The van der Waals surface area contributed by atoms with Gasteiger partial charge in [0.25, 0.3) is 11.5 Å². The lowest BCUT2D eigenvalue weighted by Gasteiger charge is -2.30. The van der Waals surface area contributed by atoms with E-state index in [-0.39, 0.29) is 22.0 Å². The summed E-state index contributed by atoms with van der Waals surface area (Å²) in [5.41, 5.74) is -5.02. The number of methoxy groups -OCH3 is 1. The molecule has 0 saturated carbocycles. The maximum atomic E-state index is 14.4. The molecular weight excluding hydrogens is 607 g/mol. The number of benzene rings is 2. The molecule has 1 unspecified atom stereocenters. The van der Waals surface area contributed by atoms with Crippen LogP contribution in [0, 0.1) is 0 Å². The van der Waals surface area contributed by atoms with Gasteiger partial charge < -0.3 is 14.3 Å². The van der Waals surface area contributed by atoms with E-state index in [2.05, 4.69) is 10.6 Å². The second kappa shape index (κ2) is 11.6. The Morgan fingerprint density at radius 3 is 2.29 bits per heavy atom. The van der Waals surface area contributed by atoms with E-state index in [4.69, 9.17) is 37.5 Å². The fraction of sp³-hybridized carbons (Fsp3) is 0.400. The molecule has 1 heterocycles. The predicted octanol–water partition coefficient (Wildman–Crippen LogP) is 7.01. The van der Waals surface area contributed by atoms with Crippen LogP contribution in [-0.4, -0.2) is 43.2 Å². The number of hydrogen-bond acceptors (Lipinski definition) is 6. The maximum absolute atomic E-state index is 14.4. The lowest BCUT2D eigenvalue weighted by Crippen LogP contribution is -2.49. The van der Waals surface area contributed by atoms with Crippen LogP contribution in [0.3, 0.4) is 0 Å². The van der Waals surface area contributed by atoms with E-state index < -0.39 is 64.7 Å². The third-order valence-electron chi connectivity index (χ3n) is 5.49. The minimum Gasteiger partial charge on any atom is -0.442 e. The van der Waals surface area contributed by atoms with Crippen LogP contribution in [0.5, 0.6) is 0 Å². The molecule has 2 aromatic carbocycles. The number of carbonyl (C=O) groups excluding carboxylic acids is 2. The summed E-state index contributed by atoms with van der Waals surface area (Å²) in [7, 11) is 1.23. The third-order valence-corrected chi connectivity index (χ3v) is 6.02. The third kappa shape index (κ3) is 7.35. The number of oxime groups is 1. The predicted molar refractivity (Wildman–Crippen MR) is 137 cm³/mol. The fourth-order valence-corrected chi connectivity index (χ4v) is 4.15. The van der Waals surface area contributed by atoms with Crippen molar-refractivity contribution in [3.63, 3.8) is 0 Å². The van der Waals surface area contributed by atoms with Crippen LogP contribution in [0.4, 0.5) is 36.8 Å². The maximum Gasteiger partial charge on any atom is 0.435 e. The molecule has 0 radical (unpaired) electrons. The SMILES string of the molecule is COCC(=O)NN(C(=O)OC(C)(C)C)c1cc(C2=NOC(c3cc(Cl)cc(C(F)(F)F)c3)(C(F)(F)F)C2)ccc1Cl. The summed E-state index contributed by atoms with van der Waals surface area (Å²) in [6.45, 7) is 4.20. The fourth-order valence-electron chi connectivity index (χ4n) is 3.71. The number of hydrogen-bond donors (Lipinski definition) is 1. The summed E-state index contributed by atoms with van der Waals surface area (Å²) in [5, 5.41) is 3.46. The van der Waals surface area contributed by atoms with E-state index in [1.807, 2.05) is 0 Å². The molecule has 1 atom stereocenters. The first-order chi connectivity index (χ1) is 18.8. The number of rotatable bonds is 5. The smallest absolute Gasteiger partial charge is 0.435 e. The van der Waals surface area contributed by atoms with E-state index in [1.54, 1.807) is 20.8 Å². The lowest BCUT2D eigenvalue weighted by atomic mass is 9.85. The lowest BCUT2D eigenvalue weighted by molar-refractivity contribution is -0.276. The van der Waals surface area contributed by atoms with Crippen LogP contribution in [0.25, 0.3) is 0 Å². The summed E-state index contributed by atoms with van der Waals surface area (Å²) in [5.74, 6) is -0.793. The molecule has 1 aliphatic heterocycles. The first-order valence-electron chi connectivity index (χ1n) is 11.6. The molecule has 1 N–H and O–H groups in total. The molecular formula is C25H23Cl2F6N3O5. The van der Waals surface area contributed by atoms with Crippen LogP contribution in [0.15, 0.2) is 41.6 Å². The van der Waals surface area contributed by atoms with Gasteiger partial charge in [-0.05, 0) is 51.1 Å². The minimum atomic E-state index is -5.24. The van der Waals surface area contributed by atoms with E-state index in [1.165, 1.54) is 19.2 Å². The van der Waals surface area contributed by atoms with Crippen molar-refractivity contribution in [1.29, 1.82) is 0 Å². The largest absolute Gasteiger partial charge is 0.442 e. The summed E-state index contributed by atoms with van der Waals surface area (Å²) in [6.07, 6.45) is -12.4. The minimum absolute atomic E-state index is 0.0526. The van der Waals surface area contributed by atoms with Crippen LogP contribution in [0.1, 0.15) is 43.9 Å². The molecule has 0 saturated heterocycles. The highest BCUT2D eigenvalue weighted by Crippen LogP contribution is 2.50. The normalized spacial score (nSPS) is 17.5. The number of carbonyl (C=O) groups is 2. The van der Waals surface area contributed by atoms with Gasteiger partial charge in [-0.1, -0.05) is 34.4 Å². The van der Waals surface area contributed by atoms with E-state index in [0.29, 0.717) is 23.2 Å². The molecule has 2 amide bonds. The van der Waals surface area contributed by atoms with E-state index >= 15 is 0 Å². The molecule has 2 aromatic rings. The molecule has 224 valence electrons. The highest BCUT2D eigenvalue weighted by Gasteiger charge is 2.62. The summed E-state index contributed by atoms with van der Waals surface area (Å²) in [4.78, 5) is 30.0. The standard InChI is InChI=1S/C25H23Cl2F6N3O5/c1-22(2,3)40-21(38)36(34-20(37)12-39-4)19-7-13(5-6-17(19)27)18-11-23(41-35-18,25(31,32)33)14-8-15(24(28,29)30)10-16(26)9-14/h5-10H,11-12H2,1-4H3,(H,34,37). The second-order valence-corrected chi connectivity index (χ2v) is 10.7. The molecule has 0 bridgehead atoms. The van der Waals surface area contributed by atoms with Gasteiger partial charge in [0.15, 0.2) is 0 Å². The zero-order chi connectivity index (χ0) is 31.0. The Hall–Kier alpha value is -3.23. The molecule has 0 fully saturated rings. The van der Waals surface area contributed by atoms with Gasteiger partial charge >= 0.3 is 18.4 Å². The van der Waals surface area contributed by atoms with Crippen LogP contribution >= 0.6 is 23.2 Å².